The van der Waals surface area contributed by atoms with Gasteiger partial charge < -0.3 is 16.4 Å². The van der Waals surface area contributed by atoms with Gasteiger partial charge in [-0.05, 0) is 12.8 Å². The van der Waals surface area contributed by atoms with Gasteiger partial charge in [-0.15, -0.1) is 0 Å². The molecule has 2 N–H and O–H groups in total. The van der Waals surface area contributed by atoms with Crippen molar-refractivity contribution >= 4 is 6.16 Å². The van der Waals surface area contributed by atoms with Crippen molar-refractivity contribution in [1.82, 2.24) is 0 Å². The number of hydrogen-bond acceptors (Lipinski definition) is 2. The Hall–Kier alpha value is 0.230. The predicted molar refractivity (Wildman–Crippen MR) is 31.8 cm³/mol. The van der Waals surface area contributed by atoms with E-state index in [9.17, 15) is 0 Å². The Labute approximate surface area is 83.0 Å². The first-order chi connectivity index (χ1) is 4.23. The number of carboxylic acid groups (broad SMARTS) is 2. The van der Waals surface area contributed by atoms with Gasteiger partial charge in [0.15, 0.2) is 0 Å². The minimum absolute atomic E-state index is 0. The van der Waals surface area contributed by atoms with Crippen LogP contribution in [-0.2, 0) is 4.74 Å². The Balaban J connectivity index is -0.000000101. The Kier molecular flexibility index (Phi) is 11.9. The summed E-state index contributed by atoms with van der Waals surface area (Å²) in [5.74, 6) is 0. The molecule has 1 fully saturated rings. The summed E-state index contributed by atoms with van der Waals surface area (Å²) in [6.07, 6.45) is 0.722. The first-order valence-corrected chi connectivity index (χ1v) is 2.73. The summed E-state index contributed by atoms with van der Waals surface area (Å²) in [6.45, 7) is 2.00. The maximum Gasteiger partial charge on any atom is 1.00 e. The molecule has 1 heterocycles. The smallest absolute Gasteiger partial charge is 1.00 e. The third kappa shape index (κ3) is 15.7. The average molecular weight is 158 g/mol. The number of ether oxygens (including phenoxy) is 1. The van der Waals surface area contributed by atoms with Gasteiger partial charge in [0, 0.05) is 13.2 Å². The predicted octanol–water partition coefficient (Wildman–Crippen LogP) is -1.86. The van der Waals surface area contributed by atoms with Crippen LogP contribution in [0.4, 0.5) is 4.79 Å². The molecule has 0 spiro atoms. The van der Waals surface area contributed by atoms with Crippen molar-refractivity contribution in [3.63, 3.8) is 0 Å². The van der Waals surface area contributed by atoms with E-state index < -0.39 is 6.16 Å². The zero-order valence-electron chi connectivity index (χ0n) is 7.04. The molecule has 1 saturated heterocycles. The fraction of sp³-hybridized carbons (Fsp3) is 0.800. The summed E-state index contributed by atoms with van der Waals surface area (Å²) in [4.78, 5) is 8.56. The molecule has 0 radical (unpaired) electrons. The van der Waals surface area contributed by atoms with Crippen molar-refractivity contribution in [1.29, 1.82) is 0 Å². The second kappa shape index (κ2) is 9.23. The Morgan fingerprint density at radius 1 is 1.30 bits per heavy atom. The molecule has 1 aliphatic heterocycles. The minimum atomic E-state index is -1.83. The van der Waals surface area contributed by atoms with Gasteiger partial charge >= 0.3 is 35.7 Å². The van der Waals surface area contributed by atoms with E-state index >= 15 is 0 Å². The second-order valence-corrected chi connectivity index (χ2v) is 1.60. The maximum atomic E-state index is 8.56. The Bertz CT molecular complexity index is 74.9. The molecule has 0 unspecified atom stereocenters. The van der Waals surface area contributed by atoms with Crippen molar-refractivity contribution in [2.45, 2.75) is 12.8 Å². The number of carbonyl (C=O) groups is 1. The molecule has 10 heavy (non-hydrogen) atoms. The standard InChI is InChI=1S/C4H8O.CH2O3.Na.H/c1-2-4-5-3-1;2-1(3)4;;/h1-4H2;(H2,2,3,4);;/q;;+1;-1. The topological polar surface area (TPSA) is 66.8 Å². The maximum absolute atomic E-state index is 8.56. The van der Waals surface area contributed by atoms with E-state index in [1.807, 2.05) is 0 Å². The van der Waals surface area contributed by atoms with Crippen LogP contribution in [0.3, 0.4) is 0 Å². The fourth-order valence-corrected chi connectivity index (χ4v) is 0.510. The van der Waals surface area contributed by atoms with Crippen molar-refractivity contribution in [3.8, 4) is 0 Å². The van der Waals surface area contributed by atoms with E-state index in [4.69, 9.17) is 19.7 Å². The van der Waals surface area contributed by atoms with Gasteiger partial charge in [0.05, 0.1) is 0 Å². The molecular weight excluding hydrogens is 147 g/mol. The van der Waals surface area contributed by atoms with Crippen molar-refractivity contribution in [3.05, 3.63) is 0 Å². The first-order valence-electron chi connectivity index (χ1n) is 2.73. The SMILES string of the molecule is C1CCOC1.O=C(O)O.[H-].[Na+]. The monoisotopic (exact) mass is 158 g/mol. The molecule has 4 nitrogen and oxygen atoms in total. The zero-order valence-corrected chi connectivity index (χ0v) is 8.04. The van der Waals surface area contributed by atoms with Crippen molar-refractivity contribution in [2.75, 3.05) is 13.2 Å². The molecule has 0 aromatic carbocycles. The zero-order chi connectivity index (χ0) is 7.11. The van der Waals surface area contributed by atoms with Crippen LogP contribution in [0.5, 0.6) is 0 Å². The first kappa shape index (κ1) is 12.9. The molecule has 0 aliphatic carbocycles. The normalized spacial score (nSPS) is 14.4. The Morgan fingerprint density at radius 3 is 1.70 bits per heavy atom. The quantitative estimate of drug-likeness (QED) is 0.405. The van der Waals surface area contributed by atoms with Gasteiger partial charge in [-0.1, -0.05) is 0 Å². The fourth-order valence-electron chi connectivity index (χ4n) is 0.510. The molecule has 5 heteroatoms. The number of rotatable bonds is 0. The average Bonchev–Trinajstić information content (AvgIpc) is 2.11. The summed E-state index contributed by atoms with van der Waals surface area (Å²) >= 11 is 0. The molecule has 0 aromatic heterocycles. The Morgan fingerprint density at radius 2 is 1.60 bits per heavy atom. The van der Waals surface area contributed by atoms with Crippen LogP contribution in [0, 0.1) is 0 Å². The second-order valence-electron chi connectivity index (χ2n) is 1.60. The van der Waals surface area contributed by atoms with Crippen molar-refractivity contribution in [2.24, 2.45) is 0 Å². The summed E-state index contributed by atoms with van der Waals surface area (Å²) in [5.41, 5.74) is 0. The molecule has 0 amide bonds. The third-order valence-corrected chi connectivity index (χ3v) is 0.827. The molecule has 1 rings (SSSR count). The van der Waals surface area contributed by atoms with Crippen LogP contribution in [0.25, 0.3) is 0 Å². The summed E-state index contributed by atoms with van der Waals surface area (Å²) < 4.78 is 4.94. The molecular formula is C5H11NaO4. The van der Waals surface area contributed by atoms with Crippen LogP contribution in [-0.4, -0.2) is 29.6 Å². The van der Waals surface area contributed by atoms with E-state index in [1.165, 1.54) is 12.8 Å². The molecule has 56 valence electrons. The minimum Gasteiger partial charge on any atom is -1.00 e. The molecule has 1 aliphatic rings. The van der Waals surface area contributed by atoms with E-state index in [-0.39, 0.29) is 31.0 Å². The molecule has 0 saturated carbocycles. The van der Waals surface area contributed by atoms with E-state index in [2.05, 4.69) is 0 Å². The van der Waals surface area contributed by atoms with Crippen LogP contribution >= 0.6 is 0 Å². The molecule has 0 bridgehead atoms. The van der Waals surface area contributed by atoms with Gasteiger partial charge in [-0.2, -0.15) is 0 Å². The molecule has 0 atom stereocenters. The van der Waals surface area contributed by atoms with Gasteiger partial charge in [-0.3, -0.25) is 0 Å². The third-order valence-electron chi connectivity index (χ3n) is 0.827. The van der Waals surface area contributed by atoms with Gasteiger partial charge in [0.1, 0.15) is 0 Å². The van der Waals surface area contributed by atoms with Crippen LogP contribution in [0.1, 0.15) is 14.3 Å². The van der Waals surface area contributed by atoms with E-state index in [1.54, 1.807) is 0 Å². The van der Waals surface area contributed by atoms with Gasteiger partial charge in [0.25, 0.3) is 0 Å². The summed E-state index contributed by atoms with van der Waals surface area (Å²) in [5, 5.41) is 13.9. The van der Waals surface area contributed by atoms with Crippen LogP contribution in [0.15, 0.2) is 0 Å². The molecule has 0 aromatic rings. The summed E-state index contributed by atoms with van der Waals surface area (Å²) in [7, 11) is 0. The van der Waals surface area contributed by atoms with Crippen molar-refractivity contribution < 1.29 is 50.7 Å². The number of hydrogen-bond donors (Lipinski definition) is 2. The van der Waals surface area contributed by atoms with E-state index in [0.717, 1.165) is 13.2 Å². The van der Waals surface area contributed by atoms with Crippen LogP contribution in [0.2, 0.25) is 0 Å². The van der Waals surface area contributed by atoms with Crippen LogP contribution < -0.4 is 29.6 Å². The van der Waals surface area contributed by atoms with Gasteiger partial charge in [-0.25, -0.2) is 4.79 Å². The largest absolute Gasteiger partial charge is 1.00 e. The summed E-state index contributed by atoms with van der Waals surface area (Å²) in [6, 6.07) is 0. The van der Waals surface area contributed by atoms with E-state index in [0.29, 0.717) is 0 Å². The van der Waals surface area contributed by atoms with Gasteiger partial charge in [0.2, 0.25) is 0 Å².